The van der Waals surface area contributed by atoms with Crippen molar-refractivity contribution < 1.29 is 26.4 Å². The molecule has 0 aliphatic rings. The molecule has 0 radical (unpaired) electrons. The lowest BCUT2D eigenvalue weighted by molar-refractivity contribution is -0.137. The molecule has 1 aromatic carbocycles. The van der Waals surface area contributed by atoms with Crippen LogP contribution in [0.2, 0.25) is 0 Å². The molecule has 0 saturated heterocycles. The third kappa shape index (κ3) is 6.42. The van der Waals surface area contributed by atoms with Gasteiger partial charge in [-0.2, -0.15) is 13.2 Å². The van der Waals surface area contributed by atoms with Crippen LogP contribution in [0.15, 0.2) is 29.2 Å². The van der Waals surface area contributed by atoms with E-state index in [9.17, 15) is 26.4 Å². The summed E-state index contributed by atoms with van der Waals surface area (Å²) in [4.78, 5) is 11.4. The fourth-order valence-corrected chi connectivity index (χ4v) is 2.90. The molecule has 0 aromatic heterocycles. The van der Waals surface area contributed by atoms with Crippen LogP contribution in [0.4, 0.5) is 13.2 Å². The smallest absolute Gasteiger partial charge is 0.348 e. The van der Waals surface area contributed by atoms with Gasteiger partial charge < -0.3 is 11.1 Å². The fraction of sp³-hybridized carbons (Fsp3) is 0.533. The molecule has 1 atom stereocenters. The Bertz CT molecular complexity index is 726. The summed E-state index contributed by atoms with van der Waals surface area (Å²) in [6.45, 7) is 4.95. The number of hydrogen-bond acceptors (Lipinski definition) is 4. The first-order valence-electron chi connectivity index (χ1n) is 7.50. The van der Waals surface area contributed by atoms with E-state index in [1.807, 2.05) is 18.6 Å². The highest BCUT2D eigenvalue weighted by atomic mass is 35.5. The molecule has 0 heterocycles. The Morgan fingerprint density at radius 2 is 1.85 bits per heavy atom. The van der Waals surface area contributed by atoms with Crippen molar-refractivity contribution in [2.24, 2.45) is 11.7 Å². The van der Waals surface area contributed by atoms with E-state index in [1.165, 1.54) is 0 Å². The number of alkyl halides is 3. The van der Waals surface area contributed by atoms with Gasteiger partial charge in [0.1, 0.15) is 0 Å². The second-order valence-electron chi connectivity index (χ2n) is 6.17. The van der Waals surface area contributed by atoms with Gasteiger partial charge in [0.2, 0.25) is 15.9 Å². The molecule has 4 N–H and O–H groups in total. The highest BCUT2D eigenvalue weighted by Gasteiger charge is 2.32. The van der Waals surface area contributed by atoms with E-state index < -0.39 is 44.6 Å². The quantitative estimate of drug-likeness (QED) is 0.630. The first-order chi connectivity index (χ1) is 11.3. The molecule has 1 amide bonds. The SMILES string of the molecule is CC(C)C(C)(CN)NC(=O)CNS(=O)(=O)c1cccc(C(F)(F)F)c1.Cl. The van der Waals surface area contributed by atoms with Gasteiger partial charge in [-0.05, 0) is 31.0 Å². The van der Waals surface area contributed by atoms with Crippen LogP contribution in [-0.2, 0) is 21.0 Å². The highest BCUT2D eigenvalue weighted by Crippen LogP contribution is 2.30. The van der Waals surface area contributed by atoms with Crippen molar-refractivity contribution in [2.75, 3.05) is 13.1 Å². The van der Waals surface area contributed by atoms with Crippen molar-refractivity contribution in [3.8, 4) is 0 Å². The molecule has 0 fully saturated rings. The molecule has 0 spiro atoms. The average Bonchev–Trinajstić information content (AvgIpc) is 2.52. The zero-order chi connectivity index (χ0) is 19.5. The highest BCUT2D eigenvalue weighted by molar-refractivity contribution is 7.89. The van der Waals surface area contributed by atoms with E-state index in [0.29, 0.717) is 6.07 Å². The molecule has 0 bridgehead atoms. The number of nitrogens with two attached hydrogens (primary N) is 1. The van der Waals surface area contributed by atoms with E-state index in [1.54, 1.807) is 6.92 Å². The second-order valence-corrected chi connectivity index (χ2v) is 7.94. The number of sulfonamides is 1. The molecule has 11 heteroatoms. The van der Waals surface area contributed by atoms with Gasteiger partial charge in [-0.15, -0.1) is 12.4 Å². The molecule has 6 nitrogen and oxygen atoms in total. The van der Waals surface area contributed by atoms with Crippen LogP contribution in [0.5, 0.6) is 0 Å². The number of carbonyl (C=O) groups is 1. The molecule has 0 aliphatic heterocycles. The Labute approximate surface area is 157 Å². The van der Waals surface area contributed by atoms with Gasteiger partial charge in [0, 0.05) is 6.54 Å². The van der Waals surface area contributed by atoms with Crippen LogP contribution < -0.4 is 15.8 Å². The van der Waals surface area contributed by atoms with E-state index in [4.69, 9.17) is 5.73 Å². The summed E-state index contributed by atoms with van der Waals surface area (Å²) in [6.07, 6.45) is -4.66. The van der Waals surface area contributed by atoms with E-state index in [2.05, 4.69) is 5.32 Å². The number of benzene rings is 1. The zero-order valence-corrected chi connectivity index (χ0v) is 16.2. The molecule has 1 rings (SSSR count). The molecule has 0 saturated carbocycles. The summed E-state index contributed by atoms with van der Waals surface area (Å²) in [5.41, 5.74) is 3.82. The Kier molecular flexibility index (Phi) is 8.55. The third-order valence-electron chi connectivity index (χ3n) is 4.02. The summed E-state index contributed by atoms with van der Waals surface area (Å²) >= 11 is 0. The number of carbonyl (C=O) groups excluding carboxylic acids is 1. The van der Waals surface area contributed by atoms with E-state index >= 15 is 0 Å². The average molecular weight is 418 g/mol. The molecule has 26 heavy (non-hydrogen) atoms. The number of amides is 1. The summed E-state index contributed by atoms with van der Waals surface area (Å²) in [7, 11) is -4.26. The molecule has 0 aliphatic carbocycles. The minimum atomic E-state index is -4.66. The van der Waals surface area contributed by atoms with Crippen molar-refractivity contribution in [1.82, 2.24) is 10.0 Å². The fourth-order valence-electron chi connectivity index (χ4n) is 1.88. The number of halogens is 4. The van der Waals surface area contributed by atoms with Gasteiger partial charge in [0.05, 0.1) is 22.5 Å². The zero-order valence-electron chi connectivity index (χ0n) is 14.6. The minimum Gasteiger partial charge on any atom is -0.348 e. The molecule has 1 aromatic rings. The van der Waals surface area contributed by atoms with Gasteiger partial charge in [0.25, 0.3) is 0 Å². The van der Waals surface area contributed by atoms with Gasteiger partial charge in [0.15, 0.2) is 0 Å². The van der Waals surface area contributed by atoms with Gasteiger partial charge in [-0.1, -0.05) is 19.9 Å². The van der Waals surface area contributed by atoms with Crippen molar-refractivity contribution in [3.63, 3.8) is 0 Å². The standard InChI is InChI=1S/C15H22F3N3O3S.ClH/c1-10(2)14(3,9-19)21-13(22)8-20-25(23,24)12-6-4-5-11(7-12)15(16,17)18;/h4-7,10,20H,8-9,19H2,1-3H3,(H,21,22);1H. The van der Waals surface area contributed by atoms with Gasteiger partial charge in [-0.3, -0.25) is 4.79 Å². The maximum absolute atomic E-state index is 12.7. The maximum Gasteiger partial charge on any atom is 0.416 e. The predicted molar refractivity (Wildman–Crippen MR) is 94.3 cm³/mol. The number of nitrogens with one attached hydrogen (secondary N) is 2. The van der Waals surface area contributed by atoms with Crippen molar-refractivity contribution in [2.45, 2.75) is 37.4 Å². The lowest BCUT2D eigenvalue weighted by atomic mass is 9.88. The first kappa shape index (κ1) is 24.6. The predicted octanol–water partition coefficient (Wildman–Crippen LogP) is 1.90. The van der Waals surface area contributed by atoms with Crippen molar-refractivity contribution >= 4 is 28.3 Å². The van der Waals surface area contributed by atoms with Crippen LogP contribution >= 0.6 is 12.4 Å². The minimum absolute atomic E-state index is 0. The van der Waals surface area contributed by atoms with Crippen LogP contribution in [0.25, 0.3) is 0 Å². The largest absolute Gasteiger partial charge is 0.416 e. The summed E-state index contributed by atoms with van der Waals surface area (Å²) < 4.78 is 64.2. The Morgan fingerprint density at radius 3 is 2.31 bits per heavy atom. The molecule has 1 unspecified atom stereocenters. The normalized spacial score (nSPS) is 14.5. The molecule has 150 valence electrons. The second kappa shape index (κ2) is 9.03. The monoisotopic (exact) mass is 417 g/mol. The summed E-state index contributed by atoms with van der Waals surface area (Å²) in [6, 6.07) is 3.29. The maximum atomic E-state index is 12.7. The lowest BCUT2D eigenvalue weighted by Gasteiger charge is -2.33. The molecular weight excluding hydrogens is 395 g/mol. The van der Waals surface area contributed by atoms with Crippen LogP contribution in [-0.4, -0.2) is 33.0 Å². The van der Waals surface area contributed by atoms with Crippen LogP contribution in [0.1, 0.15) is 26.3 Å². The van der Waals surface area contributed by atoms with Gasteiger partial charge >= 0.3 is 6.18 Å². The topological polar surface area (TPSA) is 101 Å². The number of rotatable bonds is 7. The third-order valence-corrected chi connectivity index (χ3v) is 5.42. The summed E-state index contributed by atoms with van der Waals surface area (Å²) in [5, 5.41) is 2.63. The van der Waals surface area contributed by atoms with E-state index in [0.717, 1.165) is 18.2 Å². The Hall–Kier alpha value is -1.36. The van der Waals surface area contributed by atoms with Crippen LogP contribution in [0, 0.1) is 5.92 Å². The number of hydrogen-bond donors (Lipinski definition) is 3. The van der Waals surface area contributed by atoms with Crippen molar-refractivity contribution in [3.05, 3.63) is 29.8 Å². The molecular formula is C15H23ClF3N3O3S. The summed E-state index contributed by atoms with van der Waals surface area (Å²) in [5.74, 6) is -0.626. The first-order valence-corrected chi connectivity index (χ1v) is 8.98. The van der Waals surface area contributed by atoms with Gasteiger partial charge in [-0.25, -0.2) is 13.1 Å². The van der Waals surface area contributed by atoms with Crippen LogP contribution in [0.3, 0.4) is 0 Å². The Morgan fingerprint density at radius 1 is 1.27 bits per heavy atom. The lowest BCUT2D eigenvalue weighted by Crippen LogP contribution is -2.56. The van der Waals surface area contributed by atoms with E-state index in [-0.39, 0.29) is 24.9 Å². The van der Waals surface area contributed by atoms with Crippen molar-refractivity contribution in [1.29, 1.82) is 0 Å². The Balaban J connectivity index is 0.00000625.